The fourth-order valence-electron chi connectivity index (χ4n) is 5.52. The molecule has 0 aliphatic carbocycles. The zero-order chi connectivity index (χ0) is 21.6. The Balaban J connectivity index is 1.56. The highest BCUT2D eigenvalue weighted by Gasteiger charge is 2.42. The number of quaternary nitrogens is 1. The van der Waals surface area contributed by atoms with Crippen LogP contribution >= 0.6 is 0 Å². The van der Waals surface area contributed by atoms with E-state index in [0.29, 0.717) is 12.0 Å². The van der Waals surface area contributed by atoms with E-state index in [2.05, 4.69) is 5.32 Å². The molecule has 7 nitrogen and oxygen atoms in total. The number of likely N-dealkylation sites (tertiary alicyclic amines) is 2. The van der Waals surface area contributed by atoms with Gasteiger partial charge in [-0.15, -0.1) is 0 Å². The molecule has 2 bridgehead atoms. The average molecular weight is 416 g/mol. The molecule has 3 atom stereocenters. The summed E-state index contributed by atoms with van der Waals surface area (Å²) in [5.41, 5.74) is 1.35. The van der Waals surface area contributed by atoms with Gasteiger partial charge in [0.2, 0.25) is 11.8 Å². The van der Waals surface area contributed by atoms with Crippen molar-refractivity contribution in [3.05, 3.63) is 28.2 Å². The number of aromatic nitrogens is 1. The minimum Gasteiger partial charge on any atom is -0.342 e. The summed E-state index contributed by atoms with van der Waals surface area (Å²) in [6.45, 7) is 11.9. The van der Waals surface area contributed by atoms with E-state index >= 15 is 0 Å². The molecule has 1 aromatic heterocycles. The fraction of sp³-hybridized carbons (Fsp3) is 0.696. The second kappa shape index (κ2) is 7.84. The third-order valence-corrected chi connectivity index (χ3v) is 7.18. The highest BCUT2D eigenvalue weighted by atomic mass is 16.2. The van der Waals surface area contributed by atoms with E-state index in [-0.39, 0.29) is 23.3 Å². The van der Waals surface area contributed by atoms with Crippen LogP contribution in [0.15, 0.2) is 16.9 Å². The first-order valence-electron chi connectivity index (χ1n) is 11.3. The number of hydrogen-bond donors (Lipinski definition) is 2. The number of pyridine rings is 1. The summed E-state index contributed by atoms with van der Waals surface area (Å²) in [6, 6.07) is 3.95. The minimum absolute atomic E-state index is 0.0253. The van der Waals surface area contributed by atoms with Gasteiger partial charge in [0.15, 0.2) is 0 Å². The maximum atomic E-state index is 12.6. The van der Waals surface area contributed by atoms with Gasteiger partial charge in [0, 0.05) is 56.8 Å². The first kappa shape index (κ1) is 21.1. The Morgan fingerprint density at radius 3 is 2.47 bits per heavy atom. The van der Waals surface area contributed by atoms with Crippen molar-refractivity contribution < 1.29 is 14.5 Å². The summed E-state index contributed by atoms with van der Waals surface area (Å²) in [4.78, 5) is 40.5. The number of hydrogen-bond acceptors (Lipinski definition) is 3. The van der Waals surface area contributed by atoms with Crippen LogP contribution in [-0.2, 0) is 16.1 Å². The third-order valence-electron chi connectivity index (χ3n) is 7.18. The van der Waals surface area contributed by atoms with E-state index in [1.54, 1.807) is 24.0 Å². The molecule has 0 aromatic carbocycles. The number of carbonyl (C=O) groups excluding carboxylic acids is 2. The van der Waals surface area contributed by atoms with Gasteiger partial charge >= 0.3 is 0 Å². The maximum absolute atomic E-state index is 12.6. The predicted molar refractivity (Wildman–Crippen MR) is 116 cm³/mol. The van der Waals surface area contributed by atoms with Crippen LogP contribution in [-0.4, -0.2) is 53.5 Å². The van der Waals surface area contributed by atoms with Gasteiger partial charge in [0.25, 0.3) is 5.56 Å². The summed E-state index contributed by atoms with van der Waals surface area (Å²) >= 11 is 0. The molecule has 0 spiro atoms. The van der Waals surface area contributed by atoms with Crippen LogP contribution in [0.1, 0.15) is 58.6 Å². The van der Waals surface area contributed by atoms with Crippen molar-refractivity contribution in [3.8, 4) is 0 Å². The third kappa shape index (κ3) is 4.04. The summed E-state index contributed by atoms with van der Waals surface area (Å²) < 4.78 is 1.91. The Kier molecular flexibility index (Phi) is 5.51. The molecule has 4 rings (SSSR count). The second-order valence-electron chi connectivity index (χ2n) is 10.4. The van der Waals surface area contributed by atoms with Crippen LogP contribution < -0.4 is 15.8 Å². The van der Waals surface area contributed by atoms with E-state index < -0.39 is 5.41 Å². The molecule has 0 radical (unpaired) electrons. The topological polar surface area (TPSA) is 75.8 Å². The maximum Gasteiger partial charge on any atom is 0.250 e. The molecule has 4 heterocycles. The highest BCUT2D eigenvalue weighted by Crippen LogP contribution is 2.35. The van der Waals surface area contributed by atoms with Crippen LogP contribution in [0.4, 0.5) is 5.69 Å². The Morgan fingerprint density at radius 1 is 1.13 bits per heavy atom. The number of amides is 2. The zero-order valence-electron chi connectivity index (χ0n) is 18.7. The number of fused-ring (bicyclic) bond motifs is 4. The molecule has 0 saturated carbocycles. The lowest BCUT2D eigenvalue weighted by molar-refractivity contribution is -0.937. The lowest BCUT2D eigenvalue weighted by Gasteiger charge is -2.45. The van der Waals surface area contributed by atoms with E-state index in [9.17, 15) is 14.4 Å². The van der Waals surface area contributed by atoms with Gasteiger partial charge in [-0.2, -0.15) is 0 Å². The van der Waals surface area contributed by atoms with Gasteiger partial charge < -0.3 is 19.7 Å². The Morgan fingerprint density at radius 2 is 1.83 bits per heavy atom. The van der Waals surface area contributed by atoms with Crippen molar-refractivity contribution in [2.24, 2.45) is 11.3 Å². The average Bonchev–Trinajstić information content (AvgIpc) is 2.69. The standard InChI is InChI=1S/C23H34N4O3/c1-15(28)25-9-7-18(8-10-25)26-12-16-11-17(14-26)21-19(24-22(30)23(2,3)4)5-6-20(29)27(21)13-16/h5-6,16-18H,7-14H2,1-4H3,(H,24,30)/p+1/t16-,17+/m0/s1. The molecular weight excluding hydrogens is 380 g/mol. The molecule has 1 aromatic rings. The lowest BCUT2D eigenvalue weighted by atomic mass is 9.81. The molecular formula is C23H35N4O3+. The quantitative estimate of drug-likeness (QED) is 0.752. The van der Waals surface area contributed by atoms with Crippen LogP contribution in [0.5, 0.6) is 0 Å². The van der Waals surface area contributed by atoms with Crippen molar-refractivity contribution >= 4 is 17.5 Å². The number of rotatable bonds is 2. The van der Waals surface area contributed by atoms with Gasteiger partial charge in [0.05, 0.1) is 36.4 Å². The van der Waals surface area contributed by atoms with Gasteiger partial charge in [-0.3, -0.25) is 14.4 Å². The predicted octanol–water partition coefficient (Wildman–Crippen LogP) is 0.846. The molecule has 7 heteroatoms. The number of carbonyl (C=O) groups is 2. The molecule has 164 valence electrons. The molecule has 2 amide bonds. The summed E-state index contributed by atoms with van der Waals surface area (Å²) in [5.74, 6) is 0.917. The van der Waals surface area contributed by atoms with Crippen molar-refractivity contribution in [3.63, 3.8) is 0 Å². The largest absolute Gasteiger partial charge is 0.342 e. The van der Waals surface area contributed by atoms with E-state index in [4.69, 9.17) is 0 Å². The minimum atomic E-state index is -0.487. The van der Waals surface area contributed by atoms with Crippen molar-refractivity contribution in [2.75, 3.05) is 31.5 Å². The second-order valence-corrected chi connectivity index (χ2v) is 10.4. The molecule has 1 unspecified atom stereocenters. The van der Waals surface area contributed by atoms with Crippen LogP contribution in [0, 0.1) is 11.3 Å². The lowest BCUT2D eigenvalue weighted by Crippen LogP contribution is -3.18. The number of nitrogens with one attached hydrogen (secondary N) is 2. The summed E-state index contributed by atoms with van der Waals surface area (Å²) in [7, 11) is 0. The number of piperidine rings is 2. The first-order chi connectivity index (χ1) is 14.1. The number of anilines is 1. The Hall–Kier alpha value is -2.15. The van der Waals surface area contributed by atoms with Crippen LogP contribution in [0.25, 0.3) is 0 Å². The van der Waals surface area contributed by atoms with Crippen LogP contribution in [0.3, 0.4) is 0 Å². The molecule has 2 N–H and O–H groups in total. The van der Waals surface area contributed by atoms with E-state index in [1.165, 1.54) is 0 Å². The van der Waals surface area contributed by atoms with Gasteiger partial charge in [-0.25, -0.2) is 0 Å². The van der Waals surface area contributed by atoms with E-state index in [1.807, 2.05) is 30.2 Å². The van der Waals surface area contributed by atoms with E-state index in [0.717, 1.165) is 63.4 Å². The first-order valence-corrected chi connectivity index (χ1v) is 11.3. The van der Waals surface area contributed by atoms with Crippen molar-refractivity contribution in [2.45, 2.75) is 65.5 Å². The Bertz CT molecular complexity index is 893. The normalized spacial score (nSPS) is 26.8. The number of nitrogens with zero attached hydrogens (tertiary/aromatic N) is 2. The zero-order valence-corrected chi connectivity index (χ0v) is 18.7. The fourth-order valence-corrected chi connectivity index (χ4v) is 5.52. The molecule has 30 heavy (non-hydrogen) atoms. The summed E-state index contributed by atoms with van der Waals surface area (Å²) in [5, 5.41) is 3.10. The van der Waals surface area contributed by atoms with Gasteiger partial charge in [-0.05, 0) is 12.5 Å². The van der Waals surface area contributed by atoms with Gasteiger partial charge in [0.1, 0.15) is 0 Å². The molecule has 2 saturated heterocycles. The molecule has 2 fully saturated rings. The highest BCUT2D eigenvalue weighted by molar-refractivity contribution is 5.95. The van der Waals surface area contributed by atoms with Gasteiger partial charge in [-0.1, -0.05) is 20.8 Å². The smallest absolute Gasteiger partial charge is 0.250 e. The van der Waals surface area contributed by atoms with Crippen molar-refractivity contribution in [1.82, 2.24) is 9.47 Å². The molecule has 3 aliphatic heterocycles. The van der Waals surface area contributed by atoms with Crippen LogP contribution in [0.2, 0.25) is 0 Å². The molecule has 3 aliphatic rings. The monoisotopic (exact) mass is 415 g/mol. The van der Waals surface area contributed by atoms with Crippen molar-refractivity contribution in [1.29, 1.82) is 0 Å². The Labute approximate surface area is 178 Å². The summed E-state index contributed by atoms with van der Waals surface area (Å²) in [6.07, 6.45) is 3.17. The SMILES string of the molecule is CC(=O)N1CCC([NH+]2C[C@@H]3C[C@H](C2)c2c(NC(=O)C(C)(C)C)ccc(=O)n2C3)CC1.